The summed E-state index contributed by atoms with van der Waals surface area (Å²) in [6.07, 6.45) is 4.74. The Morgan fingerprint density at radius 1 is 1.50 bits per heavy atom. The maximum Gasteiger partial charge on any atom is 0.251 e. The van der Waals surface area contributed by atoms with Crippen LogP contribution in [0.3, 0.4) is 0 Å². The average molecular weight is 221 g/mol. The Bertz CT molecular complexity index is 449. The highest BCUT2D eigenvalue weighted by molar-refractivity contribution is 5.76. The Balaban J connectivity index is 1.99. The zero-order chi connectivity index (χ0) is 11.5. The first-order valence-electron chi connectivity index (χ1n) is 5.40. The van der Waals surface area contributed by atoms with Gasteiger partial charge < -0.3 is 15.6 Å². The smallest absolute Gasteiger partial charge is 0.251 e. The van der Waals surface area contributed by atoms with E-state index in [1.165, 1.54) is 29.3 Å². The molecule has 1 aliphatic carbocycles. The van der Waals surface area contributed by atoms with Crippen LogP contribution in [0.5, 0.6) is 0 Å². The summed E-state index contributed by atoms with van der Waals surface area (Å²) < 4.78 is 1.32. The summed E-state index contributed by atoms with van der Waals surface area (Å²) in [5.74, 6) is -0.127. The number of carbonyl (C=O) groups excluding carboxylic acids is 1. The van der Waals surface area contributed by atoms with Crippen LogP contribution in [0, 0.1) is 0 Å². The molecule has 5 nitrogen and oxygen atoms in total. The van der Waals surface area contributed by atoms with E-state index in [0.29, 0.717) is 11.7 Å². The summed E-state index contributed by atoms with van der Waals surface area (Å²) in [6.45, 7) is 0.0420. The summed E-state index contributed by atoms with van der Waals surface area (Å²) in [7, 11) is 0. The molecule has 1 aliphatic rings. The third kappa shape index (κ3) is 2.42. The third-order valence-corrected chi connectivity index (χ3v) is 2.79. The molecule has 1 heterocycles. The summed E-state index contributed by atoms with van der Waals surface area (Å²) >= 11 is 0. The predicted octanol–water partition coefficient (Wildman–Crippen LogP) is 0.0992. The maximum absolute atomic E-state index is 11.6. The van der Waals surface area contributed by atoms with Gasteiger partial charge in [-0.25, -0.2) is 0 Å². The van der Waals surface area contributed by atoms with E-state index in [1.807, 2.05) is 0 Å². The molecular formula is C11H15N3O2. The highest BCUT2D eigenvalue weighted by atomic mass is 16.2. The van der Waals surface area contributed by atoms with E-state index in [9.17, 15) is 9.59 Å². The molecule has 0 radical (unpaired) electrons. The van der Waals surface area contributed by atoms with Crippen molar-refractivity contribution in [2.24, 2.45) is 0 Å². The molecule has 1 saturated carbocycles. The van der Waals surface area contributed by atoms with E-state index in [4.69, 9.17) is 5.73 Å². The number of nitrogens with zero attached hydrogens (tertiary/aromatic N) is 1. The second kappa shape index (κ2) is 4.38. The van der Waals surface area contributed by atoms with E-state index < -0.39 is 0 Å². The van der Waals surface area contributed by atoms with Crippen LogP contribution in [0.25, 0.3) is 0 Å². The maximum atomic E-state index is 11.6. The van der Waals surface area contributed by atoms with E-state index in [0.717, 1.165) is 12.8 Å². The molecule has 0 aliphatic heterocycles. The number of rotatable bonds is 3. The fourth-order valence-corrected chi connectivity index (χ4v) is 1.65. The van der Waals surface area contributed by atoms with Gasteiger partial charge in [0.1, 0.15) is 6.54 Å². The standard InChI is InChI=1S/C11H15N3O2/c12-8-4-5-11(16)14(6-8)7-10(15)13-9-2-1-3-9/h4-6,9H,1-3,7,12H2,(H,13,15). The van der Waals surface area contributed by atoms with E-state index in [2.05, 4.69) is 5.32 Å². The monoisotopic (exact) mass is 221 g/mol. The van der Waals surface area contributed by atoms with Crippen molar-refractivity contribution in [1.82, 2.24) is 9.88 Å². The van der Waals surface area contributed by atoms with Gasteiger partial charge in [-0.3, -0.25) is 9.59 Å². The molecule has 0 aromatic carbocycles. The largest absolute Gasteiger partial charge is 0.398 e. The van der Waals surface area contributed by atoms with E-state index in [1.54, 1.807) is 0 Å². The molecule has 1 aromatic heterocycles. The molecular weight excluding hydrogens is 206 g/mol. The number of nitrogen functional groups attached to an aromatic ring is 1. The zero-order valence-corrected chi connectivity index (χ0v) is 8.98. The molecule has 1 amide bonds. The molecule has 0 bridgehead atoms. The second-order valence-corrected chi connectivity index (χ2v) is 4.12. The van der Waals surface area contributed by atoms with Gasteiger partial charge in [0.2, 0.25) is 5.91 Å². The number of anilines is 1. The lowest BCUT2D eigenvalue weighted by Crippen LogP contribution is -2.42. The van der Waals surface area contributed by atoms with Crippen molar-refractivity contribution in [3.8, 4) is 0 Å². The second-order valence-electron chi connectivity index (χ2n) is 4.12. The minimum Gasteiger partial charge on any atom is -0.398 e. The van der Waals surface area contributed by atoms with Crippen LogP contribution in [0.15, 0.2) is 23.1 Å². The number of hydrogen-bond donors (Lipinski definition) is 2. The molecule has 1 aromatic rings. The molecule has 0 unspecified atom stereocenters. The van der Waals surface area contributed by atoms with E-state index >= 15 is 0 Å². The Labute approximate surface area is 93.3 Å². The molecule has 16 heavy (non-hydrogen) atoms. The fraction of sp³-hybridized carbons (Fsp3) is 0.455. The highest BCUT2D eigenvalue weighted by Crippen LogP contribution is 2.17. The Morgan fingerprint density at radius 3 is 2.88 bits per heavy atom. The van der Waals surface area contributed by atoms with Crippen molar-refractivity contribution in [3.63, 3.8) is 0 Å². The molecule has 2 rings (SSSR count). The summed E-state index contributed by atoms with van der Waals surface area (Å²) in [6, 6.07) is 3.19. The van der Waals surface area contributed by atoms with Crippen LogP contribution in [0.2, 0.25) is 0 Å². The molecule has 3 N–H and O–H groups in total. The van der Waals surface area contributed by atoms with Crippen molar-refractivity contribution in [2.75, 3.05) is 5.73 Å². The van der Waals surface area contributed by atoms with Gasteiger partial charge in [-0.15, -0.1) is 0 Å². The molecule has 0 spiro atoms. The number of amides is 1. The van der Waals surface area contributed by atoms with Crippen LogP contribution >= 0.6 is 0 Å². The first-order valence-corrected chi connectivity index (χ1v) is 5.40. The molecule has 5 heteroatoms. The van der Waals surface area contributed by atoms with Crippen molar-refractivity contribution in [1.29, 1.82) is 0 Å². The van der Waals surface area contributed by atoms with Crippen LogP contribution in [-0.4, -0.2) is 16.5 Å². The summed E-state index contributed by atoms with van der Waals surface area (Å²) in [4.78, 5) is 23.0. The number of nitrogens with two attached hydrogens (primary N) is 1. The average Bonchev–Trinajstić information content (AvgIpc) is 2.18. The highest BCUT2D eigenvalue weighted by Gasteiger charge is 2.19. The normalized spacial score (nSPS) is 15.5. The Hall–Kier alpha value is -1.78. The van der Waals surface area contributed by atoms with Crippen molar-refractivity contribution in [2.45, 2.75) is 31.8 Å². The van der Waals surface area contributed by atoms with Gasteiger partial charge in [0.05, 0.1) is 0 Å². The van der Waals surface area contributed by atoms with Crippen LogP contribution < -0.4 is 16.6 Å². The topological polar surface area (TPSA) is 77.1 Å². The van der Waals surface area contributed by atoms with Crippen molar-refractivity contribution in [3.05, 3.63) is 28.7 Å². The first kappa shape index (κ1) is 10.7. The van der Waals surface area contributed by atoms with Gasteiger partial charge in [-0.05, 0) is 25.3 Å². The molecule has 0 saturated heterocycles. The number of aromatic nitrogens is 1. The van der Waals surface area contributed by atoms with Gasteiger partial charge >= 0.3 is 0 Å². The van der Waals surface area contributed by atoms with Gasteiger partial charge in [-0.2, -0.15) is 0 Å². The zero-order valence-electron chi connectivity index (χ0n) is 8.98. The van der Waals surface area contributed by atoms with Gasteiger partial charge in [-0.1, -0.05) is 0 Å². The lowest BCUT2D eigenvalue weighted by molar-refractivity contribution is -0.122. The minimum absolute atomic E-state index is 0.0420. The first-order chi connectivity index (χ1) is 7.65. The van der Waals surface area contributed by atoms with Crippen LogP contribution in [0.4, 0.5) is 5.69 Å². The third-order valence-electron chi connectivity index (χ3n) is 2.79. The quantitative estimate of drug-likeness (QED) is 0.760. The van der Waals surface area contributed by atoms with Crippen LogP contribution in [0.1, 0.15) is 19.3 Å². The molecule has 0 atom stereocenters. The lowest BCUT2D eigenvalue weighted by atomic mass is 9.93. The molecule has 1 fully saturated rings. The number of nitrogens with one attached hydrogen (secondary N) is 1. The Morgan fingerprint density at radius 2 is 2.25 bits per heavy atom. The Kier molecular flexibility index (Phi) is 2.94. The molecule has 86 valence electrons. The van der Waals surface area contributed by atoms with Gasteiger partial charge in [0, 0.05) is 24.0 Å². The van der Waals surface area contributed by atoms with Crippen LogP contribution in [-0.2, 0) is 11.3 Å². The lowest BCUT2D eigenvalue weighted by Gasteiger charge is -2.26. The SMILES string of the molecule is Nc1ccc(=O)n(CC(=O)NC2CCC2)c1. The van der Waals surface area contributed by atoms with E-state index in [-0.39, 0.29) is 18.0 Å². The van der Waals surface area contributed by atoms with Gasteiger partial charge in [0.15, 0.2) is 0 Å². The number of carbonyl (C=O) groups is 1. The fourth-order valence-electron chi connectivity index (χ4n) is 1.65. The summed E-state index contributed by atoms with van der Waals surface area (Å²) in [5.41, 5.74) is 5.82. The minimum atomic E-state index is -0.210. The predicted molar refractivity (Wildman–Crippen MR) is 60.9 cm³/mol. The number of hydrogen-bond acceptors (Lipinski definition) is 3. The number of pyridine rings is 1. The summed E-state index contributed by atoms with van der Waals surface area (Å²) in [5, 5.41) is 2.87. The van der Waals surface area contributed by atoms with Crippen molar-refractivity contribution < 1.29 is 4.79 Å². The van der Waals surface area contributed by atoms with Crippen molar-refractivity contribution >= 4 is 11.6 Å². The van der Waals surface area contributed by atoms with Gasteiger partial charge in [0.25, 0.3) is 5.56 Å².